The topological polar surface area (TPSA) is 116 Å². The number of rotatable bonds is 10. The molecule has 36 heavy (non-hydrogen) atoms. The van der Waals surface area contributed by atoms with Gasteiger partial charge in [0, 0.05) is 40.5 Å². The quantitative estimate of drug-likeness (QED) is 0.349. The van der Waals surface area contributed by atoms with E-state index in [-0.39, 0.29) is 24.3 Å². The number of amides is 1. The number of benzene rings is 1. The minimum atomic E-state index is -0.597. The summed E-state index contributed by atoms with van der Waals surface area (Å²) >= 11 is 0. The van der Waals surface area contributed by atoms with E-state index in [1.54, 1.807) is 17.9 Å². The lowest BCUT2D eigenvalue weighted by Gasteiger charge is -2.13. The van der Waals surface area contributed by atoms with Gasteiger partial charge in [-0.25, -0.2) is 19.3 Å². The summed E-state index contributed by atoms with van der Waals surface area (Å²) in [5.74, 6) is 0.341. The van der Waals surface area contributed by atoms with Gasteiger partial charge in [0.25, 0.3) is 5.56 Å². The smallest absolute Gasteiger partial charge is 0.333 e. The van der Waals surface area contributed by atoms with Crippen LogP contribution in [0.4, 0.5) is 5.82 Å². The molecule has 0 saturated heterocycles. The largest absolute Gasteiger partial charge is 0.383 e. The molecule has 0 atom stereocenters. The number of carbonyl (C=O) groups excluding carboxylic acids is 1. The van der Waals surface area contributed by atoms with Crippen molar-refractivity contribution in [2.24, 2.45) is 0 Å². The van der Waals surface area contributed by atoms with Crippen molar-refractivity contribution >= 4 is 22.9 Å². The van der Waals surface area contributed by atoms with E-state index in [0.29, 0.717) is 13.2 Å². The first-order chi connectivity index (χ1) is 17.4. The number of fused-ring (bicyclic) bond motifs is 1. The van der Waals surface area contributed by atoms with E-state index < -0.39 is 23.7 Å². The number of pyridine rings is 1. The average Bonchev–Trinajstić information content (AvgIpc) is 3.31. The molecule has 1 aromatic carbocycles. The molecule has 0 saturated carbocycles. The monoisotopic (exact) mass is 491 g/mol. The molecule has 4 aromatic rings. The number of hydrogen-bond acceptors (Lipinski definition) is 7. The van der Waals surface area contributed by atoms with E-state index in [0.717, 1.165) is 21.5 Å². The van der Waals surface area contributed by atoms with Crippen molar-refractivity contribution in [1.82, 2.24) is 29.0 Å². The molecule has 0 fully saturated rings. The van der Waals surface area contributed by atoms with E-state index in [9.17, 15) is 14.4 Å². The van der Waals surface area contributed by atoms with E-state index in [4.69, 9.17) is 4.74 Å². The summed E-state index contributed by atoms with van der Waals surface area (Å²) in [5.41, 5.74) is 1.03. The Morgan fingerprint density at radius 2 is 1.81 bits per heavy atom. The van der Waals surface area contributed by atoms with Gasteiger partial charge < -0.3 is 19.5 Å². The molecule has 0 aliphatic carbocycles. The molecule has 0 aliphatic rings. The summed E-state index contributed by atoms with van der Waals surface area (Å²) in [6, 6.07) is 13.1. The molecule has 0 radical (unpaired) electrons. The molecule has 1 N–H and O–H groups in total. The number of nitrogens with one attached hydrogen (secondary N) is 1. The number of hydrogen-bond donors (Lipinski definition) is 1. The Morgan fingerprint density at radius 1 is 1.03 bits per heavy atom. The Balaban J connectivity index is 1.64. The van der Waals surface area contributed by atoms with Gasteiger partial charge >= 0.3 is 5.69 Å². The fourth-order valence-corrected chi connectivity index (χ4v) is 3.83. The summed E-state index contributed by atoms with van der Waals surface area (Å²) in [7, 11) is 5.35. The summed E-state index contributed by atoms with van der Waals surface area (Å²) in [6.45, 7) is 0.766. The first-order valence-electron chi connectivity index (χ1n) is 11.5. The van der Waals surface area contributed by atoms with Crippen LogP contribution in [0.5, 0.6) is 0 Å². The van der Waals surface area contributed by atoms with E-state index in [1.165, 1.54) is 10.9 Å². The highest BCUT2D eigenvalue weighted by Crippen LogP contribution is 2.10. The van der Waals surface area contributed by atoms with Crippen LogP contribution in [0.3, 0.4) is 0 Å². The molecule has 0 aliphatic heterocycles. The van der Waals surface area contributed by atoms with Crippen LogP contribution in [0.25, 0.3) is 11.2 Å². The predicted molar refractivity (Wildman–Crippen MR) is 136 cm³/mol. The van der Waals surface area contributed by atoms with Crippen LogP contribution in [-0.4, -0.2) is 57.4 Å². The highest BCUT2D eigenvalue weighted by molar-refractivity contribution is 5.76. The second-order valence-corrected chi connectivity index (χ2v) is 8.54. The molecule has 188 valence electrons. The van der Waals surface area contributed by atoms with Crippen molar-refractivity contribution in [3.8, 4) is 0 Å². The Bertz CT molecular complexity index is 1450. The molecule has 11 nitrogen and oxygen atoms in total. The Kier molecular flexibility index (Phi) is 7.59. The second-order valence-electron chi connectivity index (χ2n) is 8.54. The van der Waals surface area contributed by atoms with Crippen molar-refractivity contribution in [3.05, 3.63) is 87.0 Å². The maximum atomic E-state index is 13.4. The van der Waals surface area contributed by atoms with Crippen LogP contribution < -0.4 is 21.5 Å². The Hall–Kier alpha value is -4.25. The minimum Gasteiger partial charge on any atom is -0.383 e. The molecule has 0 bridgehead atoms. The zero-order valence-electron chi connectivity index (χ0n) is 20.5. The van der Waals surface area contributed by atoms with Crippen molar-refractivity contribution in [3.63, 3.8) is 0 Å². The van der Waals surface area contributed by atoms with Crippen LogP contribution in [0.15, 0.2) is 64.6 Å². The fourth-order valence-electron chi connectivity index (χ4n) is 3.83. The Morgan fingerprint density at radius 3 is 2.47 bits per heavy atom. The van der Waals surface area contributed by atoms with E-state index in [2.05, 4.69) is 15.3 Å². The van der Waals surface area contributed by atoms with Crippen LogP contribution in [0, 0.1) is 0 Å². The summed E-state index contributed by atoms with van der Waals surface area (Å²) in [4.78, 5) is 50.1. The van der Waals surface area contributed by atoms with Gasteiger partial charge in [-0.2, -0.15) is 0 Å². The lowest BCUT2D eigenvalue weighted by atomic mass is 10.2. The number of imidazole rings is 1. The summed E-state index contributed by atoms with van der Waals surface area (Å²) < 4.78 is 9.17. The van der Waals surface area contributed by atoms with Gasteiger partial charge in [-0.3, -0.25) is 14.2 Å². The predicted octanol–water partition coefficient (Wildman–Crippen LogP) is 0.832. The fraction of sp³-hybridized carbons (Fsp3) is 0.320. The number of aromatic nitrogens is 5. The second kappa shape index (κ2) is 11.0. The van der Waals surface area contributed by atoms with Crippen LogP contribution in [-0.2, 0) is 35.7 Å². The van der Waals surface area contributed by atoms with Gasteiger partial charge in [0.05, 0.1) is 19.5 Å². The SMILES string of the molecule is COCCn1cnc2c1c(=O)n(CC(=O)NCc1ccc(N(C)C)nc1)c(=O)n2Cc1ccccc1. The molecule has 3 aromatic heterocycles. The number of carbonyl (C=O) groups is 1. The zero-order chi connectivity index (χ0) is 25.7. The molecule has 11 heteroatoms. The normalized spacial score (nSPS) is 11.1. The van der Waals surface area contributed by atoms with Crippen LogP contribution >= 0.6 is 0 Å². The van der Waals surface area contributed by atoms with Gasteiger partial charge in [0.2, 0.25) is 5.91 Å². The van der Waals surface area contributed by atoms with Crippen molar-refractivity contribution in [1.29, 1.82) is 0 Å². The first-order valence-corrected chi connectivity index (χ1v) is 11.5. The van der Waals surface area contributed by atoms with Crippen molar-refractivity contribution < 1.29 is 9.53 Å². The molecule has 1 amide bonds. The standard InChI is InChI=1S/C25H29N7O4/c1-29(2)20-10-9-19(13-26-20)14-27-21(33)16-32-24(34)22-23(28-17-30(22)11-12-36-3)31(25(32)35)15-18-7-5-4-6-8-18/h4-10,13,17H,11-12,14-16H2,1-3H3,(H,27,33). The highest BCUT2D eigenvalue weighted by Gasteiger charge is 2.20. The minimum absolute atomic E-state index is 0.212. The molecular formula is C25H29N7O4. The third-order valence-electron chi connectivity index (χ3n) is 5.76. The van der Waals surface area contributed by atoms with Gasteiger partial charge in [0.15, 0.2) is 11.2 Å². The molecule has 4 rings (SSSR count). The maximum Gasteiger partial charge on any atom is 0.333 e. The van der Waals surface area contributed by atoms with Gasteiger partial charge in [-0.05, 0) is 17.2 Å². The zero-order valence-corrected chi connectivity index (χ0v) is 20.5. The number of nitrogens with zero attached hydrogens (tertiary/aromatic N) is 6. The lowest BCUT2D eigenvalue weighted by molar-refractivity contribution is -0.121. The van der Waals surface area contributed by atoms with Gasteiger partial charge in [-0.1, -0.05) is 36.4 Å². The molecule has 0 unspecified atom stereocenters. The highest BCUT2D eigenvalue weighted by atomic mass is 16.5. The third-order valence-corrected chi connectivity index (χ3v) is 5.76. The molecular weight excluding hydrogens is 462 g/mol. The van der Waals surface area contributed by atoms with Crippen molar-refractivity contribution in [2.45, 2.75) is 26.2 Å². The number of ether oxygens (including phenoxy) is 1. The molecule has 0 spiro atoms. The summed E-state index contributed by atoms with van der Waals surface area (Å²) in [6.07, 6.45) is 3.19. The molecule has 3 heterocycles. The van der Waals surface area contributed by atoms with Gasteiger partial charge in [-0.15, -0.1) is 0 Å². The van der Waals surface area contributed by atoms with E-state index >= 15 is 0 Å². The van der Waals surface area contributed by atoms with E-state index in [1.807, 2.05) is 61.5 Å². The number of anilines is 1. The first kappa shape index (κ1) is 24.9. The van der Waals surface area contributed by atoms with Gasteiger partial charge in [0.1, 0.15) is 12.4 Å². The van der Waals surface area contributed by atoms with Crippen LogP contribution in [0.1, 0.15) is 11.1 Å². The summed E-state index contributed by atoms with van der Waals surface area (Å²) in [5, 5.41) is 2.77. The average molecular weight is 492 g/mol. The maximum absolute atomic E-state index is 13.4. The number of methoxy groups -OCH3 is 1. The Labute approximate surface area is 207 Å². The lowest BCUT2D eigenvalue weighted by Crippen LogP contribution is -2.44. The van der Waals surface area contributed by atoms with Crippen molar-refractivity contribution in [2.75, 3.05) is 32.7 Å². The third kappa shape index (κ3) is 5.36. The van der Waals surface area contributed by atoms with Crippen LogP contribution in [0.2, 0.25) is 0 Å².